The predicted molar refractivity (Wildman–Crippen MR) is 131 cm³/mol. The molecule has 1 N–H and O–H groups in total. The molecule has 0 spiro atoms. The van der Waals surface area contributed by atoms with Crippen molar-refractivity contribution in [3.8, 4) is 0 Å². The second-order valence-electron chi connectivity index (χ2n) is 7.65. The number of aromatic nitrogens is 2. The standard InChI is InChI=1S/C23H29N5.HI/c1-18-11-14-27(16-22(18)28-15-13-25-17-28)23(24-2)26-12-10-20-8-5-7-19-6-3-4-9-21(19)20;/h3-9,13,15,17-18,22H,10-12,14,16H2,1-2H3,(H,24,26);1H. The summed E-state index contributed by atoms with van der Waals surface area (Å²) in [5, 5.41) is 6.23. The summed E-state index contributed by atoms with van der Waals surface area (Å²) < 4.78 is 2.24. The quantitative estimate of drug-likeness (QED) is 0.327. The van der Waals surface area contributed by atoms with Crippen LogP contribution in [0, 0.1) is 5.92 Å². The minimum Gasteiger partial charge on any atom is -0.356 e. The van der Waals surface area contributed by atoms with Gasteiger partial charge in [0.15, 0.2) is 5.96 Å². The molecular formula is C23H30IN5. The zero-order valence-electron chi connectivity index (χ0n) is 17.2. The normalized spacial score (nSPS) is 19.8. The lowest BCUT2D eigenvalue weighted by atomic mass is 9.93. The summed E-state index contributed by atoms with van der Waals surface area (Å²) in [6, 6.07) is 15.6. The van der Waals surface area contributed by atoms with Crippen molar-refractivity contribution in [3.05, 3.63) is 66.7 Å². The Morgan fingerprint density at radius 1 is 1.21 bits per heavy atom. The van der Waals surface area contributed by atoms with E-state index in [1.165, 1.54) is 16.3 Å². The Kier molecular flexibility index (Phi) is 7.52. The van der Waals surface area contributed by atoms with E-state index in [4.69, 9.17) is 0 Å². The first-order valence-electron chi connectivity index (χ1n) is 10.2. The maximum atomic E-state index is 4.55. The van der Waals surface area contributed by atoms with E-state index >= 15 is 0 Å². The molecule has 0 saturated carbocycles. The van der Waals surface area contributed by atoms with E-state index in [2.05, 4.69) is 80.3 Å². The molecule has 6 heteroatoms. The van der Waals surface area contributed by atoms with Crippen LogP contribution in [0.2, 0.25) is 0 Å². The van der Waals surface area contributed by atoms with Crippen molar-refractivity contribution in [2.75, 3.05) is 26.7 Å². The van der Waals surface area contributed by atoms with Gasteiger partial charge in [0.2, 0.25) is 0 Å². The van der Waals surface area contributed by atoms with E-state index in [1.807, 2.05) is 19.6 Å². The topological polar surface area (TPSA) is 45.5 Å². The molecule has 2 aromatic carbocycles. The molecule has 5 nitrogen and oxygen atoms in total. The van der Waals surface area contributed by atoms with Crippen LogP contribution in [0.4, 0.5) is 0 Å². The smallest absolute Gasteiger partial charge is 0.193 e. The molecule has 1 aliphatic heterocycles. The molecule has 154 valence electrons. The Morgan fingerprint density at radius 2 is 2.03 bits per heavy atom. The average Bonchev–Trinajstić information content (AvgIpc) is 3.26. The fourth-order valence-electron chi connectivity index (χ4n) is 4.25. The summed E-state index contributed by atoms with van der Waals surface area (Å²) in [5.74, 6) is 1.64. The zero-order valence-corrected chi connectivity index (χ0v) is 19.5. The highest BCUT2D eigenvalue weighted by molar-refractivity contribution is 14.0. The highest BCUT2D eigenvalue weighted by Gasteiger charge is 2.28. The Labute approximate surface area is 190 Å². The molecule has 0 radical (unpaired) electrons. The lowest BCUT2D eigenvalue weighted by molar-refractivity contribution is 0.189. The number of benzene rings is 2. The third-order valence-electron chi connectivity index (χ3n) is 5.90. The summed E-state index contributed by atoms with van der Waals surface area (Å²) in [6.07, 6.45) is 8.01. The van der Waals surface area contributed by atoms with Crippen molar-refractivity contribution < 1.29 is 0 Å². The van der Waals surface area contributed by atoms with E-state index in [9.17, 15) is 0 Å². The Balaban J connectivity index is 0.00000240. The summed E-state index contributed by atoms with van der Waals surface area (Å²) in [6.45, 7) is 5.22. The number of nitrogens with one attached hydrogen (secondary N) is 1. The van der Waals surface area contributed by atoms with Crippen molar-refractivity contribution in [3.63, 3.8) is 0 Å². The van der Waals surface area contributed by atoms with E-state index in [0.29, 0.717) is 12.0 Å². The predicted octanol–water partition coefficient (Wildman–Crippen LogP) is 4.36. The molecule has 3 aromatic rings. The third kappa shape index (κ3) is 4.91. The number of piperidine rings is 1. The SMILES string of the molecule is CN=C(NCCc1cccc2ccccc12)N1CCC(C)C(n2ccnc2)C1.I. The highest BCUT2D eigenvalue weighted by Crippen LogP contribution is 2.27. The van der Waals surface area contributed by atoms with Crippen LogP contribution in [0.3, 0.4) is 0 Å². The molecule has 29 heavy (non-hydrogen) atoms. The van der Waals surface area contributed by atoms with E-state index in [0.717, 1.165) is 38.4 Å². The Morgan fingerprint density at radius 3 is 2.83 bits per heavy atom. The minimum absolute atomic E-state index is 0. The van der Waals surface area contributed by atoms with Crippen molar-refractivity contribution in [2.45, 2.75) is 25.8 Å². The molecule has 0 aliphatic carbocycles. The largest absolute Gasteiger partial charge is 0.356 e. The number of imidazole rings is 1. The van der Waals surface area contributed by atoms with Gasteiger partial charge in [-0.05, 0) is 35.1 Å². The molecule has 1 aliphatic rings. The van der Waals surface area contributed by atoms with Crippen molar-refractivity contribution in [1.82, 2.24) is 19.8 Å². The molecule has 1 fully saturated rings. The Hall–Kier alpha value is -2.09. The number of guanidine groups is 1. The zero-order chi connectivity index (χ0) is 19.3. The molecule has 2 atom stereocenters. The van der Waals surface area contributed by atoms with Gasteiger partial charge in [0.05, 0.1) is 12.4 Å². The molecule has 2 heterocycles. The number of rotatable bonds is 4. The van der Waals surface area contributed by atoms with Gasteiger partial charge in [0.1, 0.15) is 0 Å². The van der Waals surface area contributed by atoms with Gasteiger partial charge in [-0.2, -0.15) is 0 Å². The van der Waals surface area contributed by atoms with Crippen molar-refractivity contribution in [2.24, 2.45) is 10.9 Å². The molecule has 2 unspecified atom stereocenters. The summed E-state index contributed by atoms with van der Waals surface area (Å²) in [4.78, 5) is 11.2. The molecular weight excluding hydrogens is 473 g/mol. The van der Waals surface area contributed by atoms with Crippen LogP contribution in [0.5, 0.6) is 0 Å². The van der Waals surface area contributed by atoms with Crippen LogP contribution >= 0.6 is 24.0 Å². The maximum Gasteiger partial charge on any atom is 0.193 e. The first kappa shape index (κ1) is 21.6. The van der Waals surface area contributed by atoms with Crippen LogP contribution < -0.4 is 5.32 Å². The monoisotopic (exact) mass is 503 g/mol. The van der Waals surface area contributed by atoms with Gasteiger partial charge in [0, 0.05) is 39.1 Å². The van der Waals surface area contributed by atoms with Crippen molar-refractivity contribution in [1.29, 1.82) is 0 Å². The van der Waals surface area contributed by atoms with Gasteiger partial charge in [-0.25, -0.2) is 4.98 Å². The van der Waals surface area contributed by atoms with Crippen molar-refractivity contribution >= 4 is 40.7 Å². The van der Waals surface area contributed by atoms with Gasteiger partial charge in [-0.3, -0.25) is 4.99 Å². The van der Waals surface area contributed by atoms with Gasteiger partial charge < -0.3 is 14.8 Å². The lowest BCUT2D eigenvalue weighted by Crippen LogP contribution is -2.49. The molecule has 1 aromatic heterocycles. The Bertz CT molecular complexity index is 932. The first-order valence-corrected chi connectivity index (χ1v) is 10.2. The third-order valence-corrected chi connectivity index (χ3v) is 5.90. The van der Waals surface area contributed by atoms with Crippen LogP contribution in [0.15, 0.2) is 66.2 Å². The number of likely N-dealkylation sites (tertiary alicyclic amines) is 1. The van der Waals surface area contributed by atoms with E-state index < -0.39 is 0 Å². The second kappa shape index (κ2) is 10.1. The number of halogens is 1. The minimum atomic E-state index is 0. The van der Waals surface area contributed by atoms with Crippen LogP contribution in [-0.4, -0.2) is 47.1 Å². The second-order valence-corrected chi connectivity index (χ2v) is 7.65. The summed E-state index contributed by atoms with van der Waals surface area (Å²) >= 11 is 0. The van der Waals surface area contributed by atoms with Gasteiger partial charge in [-0.15, -0.1) is 24.0 Å². The average molecular weight is 503 g/mol. The van der Waals surface area contributed by atoms with E-state index in [1.54, 1.807) is 0 Å². The number of aliphatic imine (C=N–C) groups is 1. The molecule has 4 rings (SSSR count). The number of fused-ring (bicyclic) bond motifs is 1. The van der Waals surface area contributed by atoms with E-state index in [-0.39, 0.29) is 24.0 Å². The van der Waals surface area contributed by atoms with Gasteiger partial charge >= 0.3 is 0 Å². The maximum absolute atomic E-state index is 4.55. The fraction of sp³-hybridized carbons (Fsp3) is 0.391. The molecule has 1 saturated heterocycles. The van der Waals surface area contributed by atoms with Crippen LogP contribution in [-0.2, 0) is 6.42 Å². The van der Waals surface area contributed by atoms with Crippen LogP contribution in [0.25, 0.3) is 10.8 Å². The first-order chi connectivity index (χ1) is 13.8. The highest BCUT2D eigenvalue weighted by atomic mass is 127. The number of nitrogens with zero attached hydrogens (tertiary/aromatic N) is 4. The summed E-state index contributed by atoms with van der Waals surface area (Å²) in [5.41, 5.74) is 1.38. The molecule has 0 amide bonds. The molecule has 0 bridgehead atoms. The van der Waals surface area contributed by atoms with Gasteiger partial charge in [0.25, 0.3) is 0 Å². The fourth-order valence-corrected chi connectivity index (χ4v) is 4.25. The van der Waals surface area contributed by atoms with Crippen LogP contribution in [0.1, 0.15) is 24.9 Å². The number of hydrogen-bond donors (Lipinski definition) is 1. The summed E-state index contributed by atoms with van der Waals surface area (Å²) in [7, 11) is 1.88. The van der Waals surface area contributed by atoms with Gasteiger partial charge in [-0.1, -0.05) is 49.4 Å². The lowest BCUT2D eigenvalue weighted by Gasteiger charge is -2.39. The number of hydrogen-bond acceptors (Lipinski definition) is 2.